The maximum Gasteiger partial charge on any atom is 0.224 e. The van der Waals surface area contributed by atoms with Crippen molar-refractivity contribution in [2.24, 2.45) is 23.2 Å². The Bertz CT molecular complexity index is 955. The molecule has 5 heteroatoms. The average molecular weight is 425 g/mol. The minimum atomic E-state index is -0.981. The molecule has 4 saturated carbocycles. The van der Waals surface area contributed by atoms with Gasteiger partial charge in [-0.2, -0.15) is 0 Å². The highest BCUT2D eigenvalue weighted by Crippen LogP contribution is 2.61. The van der Waals surface area contributed by atoms with Gasteiger partial charge in [-0.25, -0.2) is 0 Å². The van der Waals surface area contributed by atoms with Crippen molar-refractivity contribution >= 4 is 22.5 Å². The number of methoxy groups -OCH3 is 1. The van der Waals surface area contributed by atoms with Crippen LogP contribution in [-0.4, -0.2) is 34.9 Å². The molecule has 168 valence electrons. The van der Waals surface area contributed by atoms with E-state index in [0.29, 0.717) is 13.0 Å². The summed E-state index contributed by atoms with van der Waals surface area (Å²) in [7, 11) is 1.60. The van der Waals surface area contributed by atoms with Crippen LogP contribution in [0.5, 0.6) is 0 Å². The van der Waals surface area contributed by atoms with Crippen molar-refractivity contribution in [2.45, 2.75) is 70.9 Å². The van der Waals surface area contributed by atoms with Gasteiger partial charge in [0.25, 0.3) is 0 Å². The third kappa shape index (κ3) is 4.03. The molecular weight excluding hydrogens is 388 g/mol. The van der Waals surface area contributed by atoms with Crippen molar-refractivity contribution in [1.82, 2.24) is 4.57 Å². The van der Waals surface area contributed by atoms with Crippen LogP contribution < -0.4 is 5.32 Å². The Labute approximate surface area is 185 Å². The van der Waals surface area contributed by atoms with E-state index in [9.17, 15) is 9.90 Å². The predicted octanol–water partition coefficient (Wildman–Crippen LogP) is 4.89. The zero-order chi connectivity index (χ0) is 21.8. The van der Waals surface area contributed by atoms with Crippen LogP contribution in [0.25, 0.3) is 10.9 Å². The molecule has 5 nitrogen and oxygen atoms in total. The number of anilines is 1. The van der Waals surface area contributed by atoms with Crippen LogP contribution in [0.1, 0.15) is 57.4 Å². The summed E-state index contributed by atoms with van der Waals surface area (Å²) >= 11 is 0. The normalized spacial score (nSPS) is 31.2. The molecule has 1 atom stereocenters. The number of nitrogens with one attached hydrogen (secondary N) is 1. The van der Waals surface area contributed by atoms with Crippen LogP contribution in [-0.2, 0) is 16.1 Å². The van der Waals surface area contributed by atoms with Crippen LogP contribution in [0.2, 0.25) is 0 Å². The van der Waals surface area contributed by atoms with Crippen LogP contribution in [0, 0.1) is 30.1 Å². The number of hydrogen-bond acceptors (Lipinski definition) is 3. The molecule has 4 fully saturated rings. The van der Waals surface area contributed by atoms with E-state index in [1.165, 1.54) is 38.5 Å². The van der Waals surface area contributed by atoms with Gasteiger partial charge in [0.2, 0.25) is 5.91 Å². The van der Waals surface area contributed by atoms with Gasteiger partial charge in [0.15, 0.2) is 0 Å². The summed E-state index contributed by atoms with van der Waals surface area (Å²) in [4.78, 5) is 13.3. The molecule has 4 bridgehead atoms. The fourth-order valence-electron chi connectivity index (χ4n) is 7.52. The molecule has 31 heavy (non-hydrogen) atoms. The van der Waals surface area contributed by atoms with Crippen molar-refractivity contribution in [1.29, 1.82) is 0 Å². The number of nitrogens with zero attached hydrogens (tertiary/aromatic N) is 1. The fraction of sp³-hybridized carbons (Fsp3) is 0.654. The number of benzene rings is 1. The van der Waals surface area contributed by atoms with E-state index in [2.05, 4.69) is 24.4 Å². The number of aromatic nitrogens is 1. The summed E-state index contributed by atoms with van der Waals surface area (Å²) in [6.07, 6.45) is 10.6. The Kier molecular flexibility index (Phi) is 5.17. The largest absolute Gasteiger partial charge is 0.386 e. The van der Waals surface area contributed by atoms with Crippen LogP contribution in [0.4, 0.5) is 5.69 Å². The predicted molar refractivity (Wildman–Crippen MR) is 123 cm³/mol. The summed E-state index contributed by atoms with van der Waals surface area (Å²) < 4.78 is 7.23. The molecule has 1 unspecified atom stereocenters. The van der Waals surface area contributed by atoms with Crippen molar-refractivity contribution in [3.05, 3.63) is 30.0 Å². The minimum Gasteiger partial charge on any atom is -0.386 e. The average Bonchev–Trinajstić information content (AvgIpc) is 2.97. The van der Waals surface area contributed by atoms with Gasteiger partial charge in [0.1, 0.15) is 5.60 Å². The van der Waals surface area contributed by atoms with Crippen molar-refractivity contribution in [3.63, 3.8) is 0 Å². The molecule has 0 saturated heterocycles. The van der Waals surface area contributed by atoms with E-state index in [0.717, 1.165) is 39.9 Å². The van der Waals surface area contributed by atoms with E-state index in [1.54, 1.807) is 14.0 Å². The second-order valence-electron chi connectivity index (χ2n) is 11.2. The number of carbonyl (C=O) groups excluding carboxylic acids is 1. The lowest BCUT2D eigenvalue weighted by molar-refractivity contribution is -0.124. The monoisotopic (exact) mass is 424 g/mol. The SMILES string of the molecule is COCC(C)(O)Cn1cc(NC(=O)CC23CC4CC(CC(C4)C2)C3)c2c(C)cccc21. The Morgan fingerprint density at radius 1 is 1.23 bits per heavy atom. The molecule has 2 N–H and O–H groups in total. The van der Waals surface area contributed by atoms with Gasteiger partial charge in [0, 0.05) is 25.1 Å². The summed E-state index contributed by atoms with van der Waals surface area (Å²) in [6, 6.07) is 6.16. The number of ether oxygens (including phenoxy) is 1. The first-order valence-electron chi connectivity index (χ1n) is 11.9. The van der Waals surface area contributed by atoms with Gasteiger partial charge in [-0.05, 0) is 87.2 Å². The second-order valence-corrected chi connectivity index (χ2v) is 11.2. The maximum atomic E-state index is 13.3. The zero-order valence-electron chi connectivity index (χ0n) is 19.1. The van der Waals surface area contributed by atoms with Crippen LogP contribution in [0.3, 0.4) is 0 Å². The van der Waals surface area contributed by atoms with Gasteiger partial charge in [-0.15, -0.1) is 0 Å². The lowest BCUT2D eigenvalue weighted by Gasteiger charge is -2.56. The highest BCUT2D eigenvalue weighted by atomic mass is 16.5. The number of aliphatic hydroxyl groups is 1. The van der Waals surface area contributed by atoms with Crippen molar-refractivity contribution in [2.75, 3.05) is 19.0 Å². The van der Waals surface area contributed by atoms with E-state index in [1.807, 2.05) is 16.8 Å². The first kappa shape index (κ1) is 21.0. The summed E-state index contributed by atoms with van der Waals surface area (Å²) in [6.45, 7) is 4.52. The summed E-state index contributed by atoms with van der Waals surface area (Å²) in [5.41, 5.74) is 2.27. The highest BCUT2D eigenvalue weighted by Gasteiger charge is 2.51. The van der Waals surface area contributed by atoms with Gasteiger partial charge in [-0.1, -0.05) is 12.1 Å². The zero-order valence-corrected chi connectivity index (χ0v) is 19.1. The Hall–Kier alpha value is -1.85. The topological polar surface area (TPSA) is 63.5 Å². The molecule has 0 spiro atoms. The smallest absolute Gasteiger partial charge is 0.224 e. The minimum absolute atomic E-state index is 0.146. The molecule has 1 heterocycles. The molecule has 4 aliphatic carbocycles. The fourth-order valence-corrected chi connectivity index (χ4v) is 7.52. The molecule has 0 radical (unpaired) electrons. The highest BCUT2D eigenvalue weighted by molar-refractivity contribution is 6.03. The van der Waals surface area contributed by atoms with E-state index in [-0.39, 0.29) is 17.9 Å². The Morgan fingerprint density at radius 3 is 2.48 bits per heavy atom. The number of hydrogen-bond donors (Lipinski definition) is 2. The standard InChI is InChI=1S/C26H36N2O3/c1-17-5-4-6-22-24(17)21(14-28(22)15-25(2,30)16-31-3)27-23(29)13-26-10-18-7-19(11-26)9-20(8-18)12-26/h4-6,14,18-20,30H,7-13,15-16H2,1-3H3,(H,27,29). The number of rotatable bonds is 7. The number of carbonyl (C=O) groups is 1. The number of fused-ring (bicyclic) bond motifs is 1. The third-order valence-corrected chi connectivity index (χ3v) is 8.06. The van der Waals surface area contributed by atoms with Crippen molar-refractivity contribution in [3.8, 4) is 0 Å². The van der Waals surface area contributed by atoms with Crippen molar-refractivity contribution < 1.29 is 14.6 Å². The lowest BCUT2D eigenvalue weighted by Crippen LogP contribution is -2.47. The Morgan fingerprint density at radius 2 is 1.87 bits per heavy atom. The summed E-state index contributed by atoms with van der Waals surface area (Å²) in [5, 5.41) is 15.0. The molecule has 1 aromatic carbocycles. The maximum absolute atomic E-state index is 13.3. The van der Waals surface area contributed by atoms with E-state index in [4.69, 9.17) is 4.74 Å². The molecular formula is C26H36N2O3. The molecule has 0 aliphatic heterocycles. The molecule has 6 rings (SSSR count). The molecule has 2 aromatic rings. The van der Waals surface area contributed by atoms with Gasteiger partial charge < -0.3 is 19.7 Å². The van der Waals surface area contributed by atoms with Crippen LogP contribution >= 0.6 is 0 Å². The van der Waals surface area contributed by atoms with E-state index < -0.39 is 5.60 Å². The first-order chi connectivity index (χ1) is 14.8. The van der Waals surface area contributed by atoms with Gasteiger partial charge in [-0.3, -0.25) is 4.79 Å². The van der Waals surface area contributed by atoms with E-state index >= 15 is 0 Å². The van der Waals surface area contributed by atoms with Gasteiger partial charge in [0.05, 0.1) is 24.4 Å². The quantitative estimate of drug-likeness (QED) is 0.665. The molecule has 1 amide bonds. The summed E-state index contributed by atoms with van der Waals surface area (Å²) in [5.74, 6) is 2.71. The lowest BCUT2D eigenvalue weighted by atomic mass is 9.49. The second kappa shape index (κ2) is 7.63. The number of amides is 1. The molecule has 1 aromatic heterocycles. The van der Waals surface area contributed by atoms with Gasteiger partial charge >= 0.3 is 0 Å². The first-order valence-corrected chi connectivity index (χ1v) is 11.9. The number of aryl methyl sites for hydroxylation is 1. The van der Waals surface area contributed by atoms with Crippen LogP contribution in [0.15, 0.2) is 24.4 Å². The molecule has 4 aliphatic rings. The third-order valence-electron chi connectivity index (χ3n) is 8.06. The Balaban J connectivity index is 1.38.